The fraction of sp³-hybridized carbons (Fsp3) is 0.280. The number of hydrogen-bond donors (Lipinski definition) is 0. The van der Waals surface area contributed by atoms with E-state index in [0.29, 0.717) is 34.2 Å². The molecule has 2 aromatic carbocycles. The van der Waals surface area contributed by atoms with Crippen molar-refractivity contribution in [1.29, 1.82) is 0 Å². The number of piperidine rings is 1. The minimum Gasteiger partial charge on any atom is -0.497 e. The number of thiazole rings is 1. The first-order valence-corrected chi connectivity index (χ1v) is 13.7. The normalized spacial score (nSPS) is 15.3. The summed E-state index contributed by atoms with van der Waals surface area (Å²) in [4.78, 5) is 19.8. The number of anilines is 1. The molecule has 11 heteroatoms. The molecule has 0 bridgehead atoms. The highest BCUT2D eigenvalue weighted by atomic mass is 32.2. The van der Waals surface area contributed by atoms with Gasteiger partial charge in [0.15, 0.2) is 5.13 Å². The van der Waals surface area contributed by atoms with Crippen molar-refractivity contribution in [3.05, 3.63) is 72.4 Å². The molecule has 8 nitrogen and oxygen atoms in total. The van der Waals surface area contributed by atoms with Crippen molar-refractivity contribution in [2.24, 2.45) is 5.92 Å². The molecule has 0 spiro atoms. The Bertz CT molecular complexity index is 1460. The van der Waals surface area contributed by atoms with Gasteiger partial charge in [-0.1, -0.05) is 17.4 Å². The van der Waals surface area contributed by atoms with Gasteiger partial charge in [0.1, 0.15) is 22.8 Å². The van der Waals surface area contributed by atoms with E-state index in [-0.39, 0.29) is 36.0 Å². The maximum Gasteiger partial charge on any atom is 0.243 e. The number of sulfonamides is 1. The van der Waals surface area contributed by atoms with Gasteiger partial charge in [0.2, 0.25) is 15.9 Å². The van der Waals surface area contributed by atoms with Crippen LogP contribution in [0.1, 0.15) is 18.6 Å². The van der Waals surface area contributed by atoms with Crippen LogP contribution in [0.5, 0.6) is 5.75 Å². The zero-order valence-corrected chi connectivity index (χ0v) is 21.1. The smallest absolute Gasteiger partial charge is 0.243 e. The molecular weight excluding hydrogens is 505 g/mol. The number of amides is 1. The number of rotatable bonds is 7. The lowest BCUT2D eigenvalue weighted by Gasteiger charge is -2.32. The third-order valence-corrected chi connectivity index (χ3v) is 9.21. The number of methoxy groups -OCH3 is 1. The molecule has 1 fully saturated rings. The van der Waals surface area contributed by atoms with E-state index < -0.39 is 21.8 Å². The van der Waals surface area contributed by atoms with Gasteiger partial charge in [0, 0.05) is 19.0 Å². The monoisotopic (exact) mass is 529 g/mol. The number of halogens is 1. The van der Waals surface area contributed by atoms with E-state index in [9.17, 15) is 17.6 Å². The van der Waals surface area contributed by atoms with E-state index in [1.807, 2.05) is 0 Å². The molecule has 0 atom stereocenters. The number of nitrogens with zero attached hydrogens (tertiary/aromatic N) is 3. The van der Waals surface area contributed by atoms with Gasteiger partial charge in [-0.05, 0) is 61.4 Å². The van der Waals surface area contributed by atoms with Crippen LogP contribution < -0.4 is 9.64 Å². The Balaban J connectivity index is 1.35. The SMILES string of the molecule is COc1ccc(S(=O)(=O)N2CCC(C(=O)N(Cc3ccco3)c3nc4c(F)cccc4s3)CC2)cc1. The molecule has 1 aliphatic rings. The van der Waals surface area contributed by atoms with Crippen molar-refractivity contribution in [2.45, 2.75) is 24.3 Å². The summed E-state index contributed by atoms with van der Waals surface area (Å²) in [5.74, 6) is 0.108. The maximum atomic E-state index is 14.3. The lowest BCUT2D eigenvalue weighted by molar-refractivity contribution is -0.123. The standard InChI is InChI=1S/C25H24FN3O5S2/c1-33-18-7-9-20(10-8-18)36(31,32)28-13-11-17(12-14-28)24(30)29(16-19-4-3-15-34-19)25-27-23-21(26)5-2-6-22(23)35-25/h2-10,15,17H,11-14,16H2,1H3. The highest BCUT2D eigenvalue weighted by molar-refractivity contribution is 7.89. The van der Waals surface area contributed by atoms with Crippen molar-refractivity contribution in [1.82, 2.24) is 9.29 Å². The Kier molecular flexibility index (Phi) is 6.78. The molecule has 1 amide bonds. The van der Waals surface area contributed by atoms with Crippen molar-refractivity contribution < 1.29 is 26.8 Å². The second-order valence-corrected chi connectivity index (χ2v) is 11.4. The number of para-hydroxylation sites is 1. The quantitative estimate of drug-likeness (QED) is 0.345. The minimum atomic E-state index is -3.69. The molecule has 188 valence electrons. The zero-order valence-electron chi connectivity index (χ0n) is 19.5. The summed E-state index contributed by atoms with van der Waals surface area (Å²) in [7, 11) is -2.17. The number of carbonyl (C=O) groups is 1. The number of furan rings is 1. The highest BCUT2D eigenvalue weighted by Gasteiger charge is 2.35. The van der Waals surface area contributed by atoms with Gasteiger partial charge in [0.25, 0.3) is 0 Å². The number of fused-ring (bicyclic) bond motifs is 1. The number of benzene rings is 2. The predicted molar refractivity (Wildman–Crippen MR) is 134 cm³/mol. The molecule has 0 saturated carbocycles. The first kappa shape index (κ1) is 24.4. The molecule has 1 aliphatic heterocycles. The summed E-state index contributed by atoms with van der Waals surface area (Å²) in [6, 6.07) is 14.5. The van der Waals surface area contributed by atoms with E-state index in [0.717, 1.165) is 0 Å². The third kappa shape index (κ3) is 4.73. The molecular formula is C25H24FN3O5S2. The molecule has 0 N–H and O–H groups in total. The van der Waals surface area contributed by atoms with Gasteiger partial charge in [0.05, 0.1) is 29.5 Å². The number of ether oxygens (including phenoxy) is 1. The Labute approximate surface area is 212 Å². The second-order valence-electron chi connectivity index (χ2n) is 8.44. The summed E-state index contributed by atoms with van der Waals surface area (Å²) >= 11 is 1.23. The van der Waals surface area contributed by atoms with E-state index in [1.54, 1.807) is 36.4 Å². The predicted octanol–water partition coefficient (Wildman–Crippen LogP) is 4.67. The Morgan fingerprint density at radius 2 is 1.92 bits per heavy atom. The van der Waals surface area contributed by atoms with Crippen LogP contribution in [0.25, 0.3) is 10.2 Å². The number of carbonyl (C=O) groups excluding carboxylic acids is 1. The van der Waals surface area contributed by atoms with Gasteiger partial charge in [-0.2, -0.15) is 4.31 Å². The maximum absolute atomic E-state index is 14.3. The second kappa shape index (κ2) is 10.00. The fourth-order valence-corrected chi connectivity index (χ4v) is 6.73. The van der Waals surface area contributed by atoms with E-state index in [4.69, 9.17) is 9.15 Å². The summed E-state index contributed by atoms with van der Waals surface area (Å²) in [5.41, 5.74) is 0.218. The summed E-state index contributed by atoms with van der Waals surface area (Å²) in [6.45, 7) is 0.583. The first-order valence-electron chi connectivity index (χ1n) is 11.4. The zero-order chi connectivity index (χ0) is 25.3. The summed E-state index contributed by atoms with van der Waals surface area (Å²) in [5, 5.41) is 0.379. The highest BCUT2D eigenvalue weighted by Crippen LogP contribution is 2.34. The largest absolute Gasteiger partial charge is 0.497 e. The van der Waals surface area contributed by atoms with Crippen molar-refractivity contribution >= 4 is 42.6 Å². The van der Waals surface area contributed by atoms with Crippen molar-refractivity contribution in [2.75, 3.05) is 25.1 Å². The molecule has 5 rings (SSSR count). The summed E-state index contributed by atoms with van der Waals surface area (Å²) in [6.07, 6.45) is 2.25. The van der Waals surface area contributed by atoms with Crippen LogP contribution in [0.4, 0.5) is 9.52 Å². The first-order chi connectivity index (χ1) is 17.4. The Hall–Kier alpha value is -3.28. The van der Waals surface area contributed by atoms with E-state index >= 15 is 0 Å². The van der Waals surface area contributed by atoms with Gasteiger partial charge in [-0.15, -0.1) is 0 Å². The number of aromatic nitrogens is 1. The van der Waals surface area contributed by atoms with Crippen LogP contribution in [0.3, 0.4) is 0 Å². The van der Waals surface area contributed by atoms with Crippen LogP contribution in [0.2, 0.25) is 0 Å². The molecule has 0 aliphatic carbocycles. The molecule has 0 radical (unpaired) electrons. The van der Waals surface area contributed by atoms with Crippen LogP contribution >= 0.6 is 11.3 Å². The summed E-state index contributed by atoms with van der Waals surface area (Å²) < 4.78 is 53.1. The van der Waals surface area contributed by atoms with Crippen LogP contribution in [-0.4, -0.2) is 43.8 Å². The molecule has 4 aromatic rings. The fourth-order valence-electron chi connectivity index (χ4n) is 4.28. The molecule has 3 heterocycles. The Morgan fingerprint density at radius 1 is 1.17 bits per heavy atom. The lowest BCUT2D eigenvalue weighted by atomic mass is 9.96. The molecule has 0 unspecified atom stereocenters. The van der Waals surface area contributed by atoms with Crippen LogP contribution in [-0.2, 0) is 21.4 Å². The van der Waals surface area contributed by atoms with Crippen LogP contribution in [0.15, 0.2) is 70.2 Å². The van der Waals surface area contributed by atoms with E-state index in [2.05, 4.69) is 4.98 Å². The lowest BCUT2D eigenvalue weighted by Crippen LogP contribution is -2.44. The van der Waals surface area contributed by atoms with Crippen LogP contribution in [0, 0.1) is 11.7 Å². The van der Waals surface area contributed by atoms with Gasteiger partial charge in [-0.25, -0.2) is 17.8 Å². The van der Waals surface area contributed by atoms with Gasteiger partial charge >= 0.3 is 0 Å². The van der Waals surface area contributed by atoms with Gasteiger partial charge < -0.3 is 9.15 Å². The Morgan fingerprint density at radius 3 is 2.56 bits per heavy atom. The minimum absolute atomic E-state index is 0.150. The van der Waals surface area contributed by atoms with Crippen molar-refractivity contribution in [3.8, 4) is 5.75 Å². The molecule has 2 aromatic heterocycles. The average molecular weight is 530 g/mol. The molecule has 36 heavy (non-hydrogen) atoms. The van der Waals surface area contributed by atoms with E-state index in [1.165, 1.54) is 52.1 Å². The average Bonchev–Trinajstić information content (AvgIpc) is 3.57. The van der Waals surface area contributed by atoms with Crippen molar-refractivity contribution in [3.63, 3.8) is 0 Å². The molecule has 1 saturated heterocycles. The third-order valence-electron chi connectivity index (χ3n) is 6.25. The topological polar surface area (TPSA) is 93.0 Å². The number of hydrogen-bond acceptors (Lipinski definition) is 7. The van der Waals surface area contributed by atoms with Gasteiger partial charge in [-0.3, -0.25) is 9.69 Å².